The topological polar surface area (TPSA) is 84.6 Å². The van der Waals surface area contributed by atoms with E-state index in [4.69, 9.17) is 14.7 Å². The van der Waals surface area contributed by atoms with Gasteiger partial charge in [0.15, 0.2) is 5.65 Å². The second-order valence-corrected chi connectivity index (χ2v) is 12.5. The summed E-state index contributed by atoms with van der Waals surface area (Å²) in [5.41, 5.74) is 1.52. The lowest BCUT2D eigenvalue weighted by atomic mass is 9.74. The maximum atomic E-state index is 12.5. The molecule has 1 aromatic carbocycles. The number of anilines is 1. The molecule has 8 nitrogen and oxygen atoms in total. The summed E-state index contributed by atoms with van der Waals surface area (Å²) in [5.74, 6) is 0.922. The van der Waals surface area contributed by atoms with Gasteiger partial charge in [0.1, 0.15) is 5.60 Å². The highest BCUT2D eigenvalue weighted by Crippen LogP contribution is 2.47. The van der Waals surface area contributed by atoms with Crippen LogP contribution in [-0.4, -0.2) is 50.2 Å². The molecule has 6 rings (SSSR count). The number of imidazole rings is 1. The molecule has 1 atom stereocenters. The van der Waals surface area contributed by atoms with Crippen LogP contribution >= 0.6 is 11.8 Å². The van der Waals surface area contributed by atoms with Gasteiger partial charge in [-0.25, -0.2) is 14.8 Å². The number of hydrogen-bond donors (Lipinski definition) is 1. The number of hydrogen-bond acceptors (Lipinski definition) is 7. The predicted molar refractivity (Wildman–Crippen MR) is 150 cm³/mol. The number of amides is 1. The number of benzene rings is 1. The second-order valence-electron chi connectivity index (χ2n) is 11.4. The molecule has 1 saturated heterocycles. The lowest BCUT2D eigenvalue weighted by molar-refractivity contribution is 0.0442. The molecule has 3 aromatic heterocycles. The number of nitrogens with zero attached hydrogens (tertiary/aromatic N) is 5. The Hall–Kier alpha value is -3.33. The van der Waals surface area contributed by atoms with Crippen LogP contribution in [0.3, 0.4) is 0 Å². The predicted octanol–water partition coefficient (Wildman–Crippen LogP) is 6.09. The average Bonchev–Trinajstić information content (AvgIpc) is 3.52. The van der Waals surface area contributed by atoms with E-state index in [1.165, 1.54) is 0 Å². The molecule has 2 aliphatic rings. The summed E-state index contributed by atoms with van der Waals surface area (Å²) in [5, 5.41) is 4.33. The smallest absolute Gasteiger partial charge is 0.407 e. The third kappa shape index (κ3) is 4.79. The standard InChI is InChI=1S/C29H34N6O2S/c1-28(2,3)37-27(36)33-24-10-5-11-29(24)12-16-34(17-13-29)26-32-19-23(25-31-15-18-35(25)26)38-22-9-4-8-21-20(22)7-6-14-30-21/h4,6-9,14-15,18-19,24H,5,10-13,16-17H2,1-3H3,(H,33,36)/t24-/m1/s1. The Morgan fingerprint density at radius 1 is 1.05 bits per heavy atom. The van der Waals surface area contributed by atoms with Crippen LogP contribution in [0.1, 0.15) is 52.9 Å². The van der Waals surface area contributed by atoms with E-state index in [1.807, 2.05) is 63.8 Å². The van der Waals surface area contributed by atoms with Crippen molar-refractivity contribution in [2.24, 2.45) is 5.41 Å². The van der Waals surface area contributed by atoms with Crippen molar-refractivity contribution in [1.29, 1.82) is 0 Å². The zero-order chi connectivity index (χ0) is 26.3. The first-order valence-corrected chi connectivity index (χ1v) is 14.2. The quantitative estimate of drug-likeness (QED) is 0.342. The Bertz CT molecular complexity index is 1470. The highest BCUT2D eigenvalue weighted by atomic mass is 32.2. The molecule has 1 saturated carbocycles. The number of ether oxygens (including phenoxy) is 1. The van der Waals surface area contributed by atoms with E-state index >= 15 is 0 Å². The van der Waals surface area contributed by atoms with Crippen molar-refractivity contribution >= 4 is 40.4 Å². The molecule has 198 valence electrons. The molecule has 1 aliphatic carbocycles. The van der Waals surface area contributed by atoms with Gasteiger partial charge in [-0.2, -0.15) is 0 Å². The maximum absolute atomic E-state index is 12.5. The summed E-state index contributed by atoms with van der Waals surface area (Å²) >= 11 is 1.68. The van der Waals surface area contributed by atoms with Crippen molar-refractivity contribution in [3.05, 3.63) is 55.1 Å². The average molecular weight is 531 g/mol. The van der Waals surface area contributed by atoms with Gasteiger partial charge in [-0.3, -0.25) is 9.38 Å². The van der Waals surface area contributed by atoms with Crippen molar-refractivity contribution < 1.29 is 9.53 Å². The second kappa shape index (κ2) is 9.76. The third-order valence-corrected chi connectivity index (χ3v) is 8.92. The van der Waals surface area contributed by atoms with Crippen LogP contribution in [0.15, 0.2) is 64.9 Å². The number of carbonyl (C=O) groups excluding carboxylic acids is 1. The molecule has 1 amide bonds. The van der Waals surface area contributed by atoms with E-state index in [1.54, 1.807) is 11.8 Å². The van der Waals surface area contributed by atoms with Crippen molar-refractivity contribution in [3.63, 3.8) is 0 Å². The van der Waals surface area contributed by atoms with Gasteiger partial charge >= 0.3 is 6.09 Å². The summed E-state index contributed by atoms with van der Waals surface area (Å²) < 4.78 is 7.66. The first-order chi connectivity index (χ1) is 18.3. The van der Waals surface area contributed by atoms with E-state index < -0.39 is 5.60 Å². The number of alkyl carbamates (subject to hydrolysis) is 1. The summed E-state index contributed by atoms with van der Waals surface area (Å²) in [6.45, 7) is 7.51. The van der Waals surface area contributed by atoms with E-state index in [0.29, 0.717) is 0 Å². The molecule has 4 heterocycles. The molecule has 2 fully saturated rings. The molecular weight excluding hydrogens is 496 g/mol. The van der Waals surface area contributed by atoms with Crippen molar-refractivity contribution in [3.8, 4) is 0 Å². The molecule has 1 N–H and O–H groups in total. The number of carbonyl (C=O) groups is 1. The largest absolute Gasteiger partial charge is 0.444 e. The monoisotopic (exact) mass is 530 g/mol. The van der Waals surface area contributed by atoms with Crippen LogP contribution in [0.2, 0.25) is 0 Å². The van der Waals surface area contributed by atoms with Crippen LogP contribution in [0.25, 0.3) is 16.6 Å². The summed E-state index contributed by atoms with van der Waals surface area (Å²) in [6.07, 6.45) is 12.6. The van der Waals surface area contributed by atoms with Gasteiger partial charge in [-0.15, -0.1) is 0 Å². The summed E-state index contributed by atoms with van der Waals surface area (Å²) in [4.78, 5) is 31.1. The molecule has 0 bridgehead atoms. The number of aromatic nitrogens is 4. The number of fused-ring (bicyclic) bond motifs is 2. The lowest BCUT2D eigenvalue weighted by Crippen LogP contribution is -2.51. The van der Waals surface area contributed by atoms with E-state index in [2.05, 4.69) is 31.7 Å². The minimum atomic E-state index is -0.490. The highest BCUT2D eigenvalue weighted by molar-refractivity contribution is 7.99. The van der Waals surface area contributed by atoms with Gasteiger partial charge in [-0.1, -0.05) is 30.3 Å². The van der Waals surface area contributed by atoms with Crippen molar-refractivity contribution in [2.45, 2.75) is 74.3 Å². The van der Waals surface area contributed by atoms with Gasteiger partial charge in [0.25, 0.3) is 0 Å². The molecule has 0 unspecified atom stereocenters. The Morgan fingerprint density at radius 2 is 1.89 bits per heavy atom. The first kappa shape index (κ1) is 25.0. The van der Waals surface area contributed by atoms with Crippen LogP contribution < -0.4 is 10.2 Å². The zero-order valence-electron chi connectivity index (χ0n) is 22.2. The van der Waals surface area contributed by atoms with Crippen LogP contribution in [0.4, 0.5) is 10.7 Å². The van der Waals surface area contributed by atoms with E-state index in [9.17, 15) is 4.79 Å². The zero-order valence-corrected chi connectivity index (χ0v) is 23.0. The fourth-order valence-electron chi connectivity index (χ4n) is 6.04. The Morgan fingerprint density at radius 3 is 2.71 bits per heavy atom. The first-order valence-electron chi connectivity index (χ1n) is 13.4. The third-order valence-electron chi connectivity index (χ3n) is 7.84. The Balaban J connectivity index is 1.19. The number of nitrogens with one attached hydrogen (secondary N) is 1. The fraction of sp³-hybridized carbons (Fsp3) is 0.448. The molecular formula is C29H34N6O2S. The number of pyridine rings is 1. The van der Waals surface area contributed by atoms with Gasteiger partial charge in [0, 0.05) is 54.2 Å². The molecule has 4 aromatic rings. The molecule has 0 radical (unpaired) electrons. The molecule has 38 heavy (non-hydrogen) atoms. The van der Waals surface area contributed by atoms with Crippen molar-refractivity contribution in [1.82, 2.24) is 24.7 Å². The van der Waals surface area contributed by atoms with Gasteiger partial charge in [0.05, 0.1) is 10.4 Å². The van der Waals surface area contributed by atoms with Crippen LogP contribution in [-0.2, 0) is 4.74 Å². The lowest BCUT2D eigenvalue weighted by Gasteiger charge is -2.43. The van der Waals surface area contributed by atoms with Crippen LogP contribution in [0.5, 0.6) is 0 Å². The highest BCUT2D eigenvalue weighted by Gasteiger charge is 2.46. The van der Waals surface area contributed by atoms with E-state index in [0.717, 1.165) is 77.5 Å². The minimum Gasteiger partial charge on any atom is -0.444 e. The van der Waals surface area contributed by atoms with Crippen molar-refractivity contribution in [2.75, 3.05) is 18.0 Å². The van der Waals surface area contributed by atoms with Gasteiger partial charge in [-0.05, 0) is 70.1 Å². The molecule has 1 aliphatic heterocycles. The van der Waals surface area contributed by atoms with Gasteiger partial charge < -0.3 is 15.0 Å². The van der Waals surface area contributed by atoms with Gasteiger partial charge in [0.2, 0.25) is 5.95 Å². The van der Waals surface area contributed by atoms with Crippen LogP contribution in [0, 0.1) is 5.41 Å². The molecule has 9 heteroatoms. The fourth-order valence-corrected chi connectivity index (χ4v) is 7.05. The number of piperidine rings is 1. The Labute approximate surface area is 227 Å². The minimum absolute atomic E-state index is 0.125. The maximum Gasteiger partial charge on any atom is 0.407 e. The summed E-state index contributed by atoms with van der Waals surface area (Å²) in [6, 6.07) is 10.4. The number of rotatable bonds is 4. The Kier molecular flexibility index (Phi) is 6.42. The molecule has 1 spiro atoms. The SMILES string of the molecule is CC(C)(C)OC(=O)N[C@@H]1CCCC12CCN(c1ncc(Sc3cccc4ncccc34)c3nccn13)CC2. The normalized spacial score (nSPS) is 19.3. The summed E-state index contributed by atoms with van der Waals surface area (Å²) in [7, 11) is 0. The van der Waals surface area contributed by atoms with E-state index in [-0.39, 0.29) is 17.6 Å².